The predicted octanol–water partition coefficient (Wildman–Crippen LogP) is 2.82. The van der Waals surface area contributed by atoms with Crippen LogP contribution in [0.25, 0.3) is 0 Å². The Morgan fingerprint density at radius 2 is 2.00 bits per heavy atom. The molecule has 0 saturated carbocycles. The summed E-state index contributed by atoms with van der Waals surface area (Å²) in [6.45, 7) is 0. The SMILES string of the molecule is O=C(O)C[C@H]1C[C@H](C(=O)O)Nc2cc(Cl)cc(Cl)c21. The predicted molar refractivity (Wildman–Crippen MR) is 71.1 cm³/mol. The van der Waals surface area contributed by atoms with Crippen LogP contribution in [0, 0.1) is 0 Å². The van der Waals surface area contributed by atoms with E-state index < -0.39 is 23.9 Å². The third-order valence-corrected chi connectivity index (χ3v) is 3.60. The fourth-order valence-corrected chi connectivity index (χ4v) is 2.97. The molecule has 0 bridgehead atoms. The Hall–Kier alpha value is -1.46. The van der Waals surface area contributed by atoms with Crippen molar-refractivity contribution in [2.24, 2.45) is 0 Å². The standard InChI is InChI=1S/C12H11Cl2NO4/c13-6-3-7(14)11-5(2-10(16)17)1-9(12(18)19)15-8(11)4-6/h3-5,9,15H,1-2H2,(H,16,17)(H,18,19)/t5-,9-/m1/s1. The molecule has 1 aliphatic heterocycles. The molecular formula is C12H11Cl2NO4. The molecule has 0 saturated heterocycles. The summed E-state index contributed by atoms with van der Waals surface area (Å²) in [7, 11) is 0. The zero-order valence-corrected chi connectivity index (χ0v) is 11.2. The number of halogens is 2. The van der Waals surface area contributed by atoms with Crippen molar-refractivity contribution in [3.05, 3.63) is 27.7 Å². The highest BCUT2D eigenvalue weighted by molar-refractivity contribution is 6.35. The van der Waals surface area contributed by atoms with Gasteiger partial charge in [-0.1, -0.05) is 23.2 Å². The molecule has 1 heterocycles. The Morgan fingerprint density at radius 1 is 1.32 bits per heavy atom. The maximum Gasteiger partial charge on any atom is 0.326 e. The van der Waals surface area contributed by atoms with Gasteiger partial charge < -0.3 is 15.5 Å². The van der Waals surface area contributed by atoms with Gasteiger partial charge in [0.25, 0.3) is 0 Å². The third kappa shape index (κ3) is 2.93. The normalized spacial score (nSPS) is 21.4. The van der Waals surface area contributed by atoms with Crippen LogP contribution in [0.3, 0.4) is 0 Å². The largest absolute Gasteiger partial charge is 0.481 e. The zero-order chi connectivity index (χ0) is 14.2. The molecule has 1 aromatic carbocycles. The van der Waals surface area contributed by atoms with Crippen molar-refractivity contribution in [2.75, 3.05) is 5.32 Å². The van der Waals surface area contributed by atoms with Gasteiger partial charge in [0.1, 0.15) is 6.04 Å². The van der Waals surface area contributed by atoms with E-state index in [9.17, 15) is 9.59 Å². The van der Waals surface area contributed by atoms with Gasteiger partial charge in [0.15, 0.2) is 0 Å². The van der Waals surface area contributed by atoms with Crippen molar-refractivity contribution in [1.29, 1.82) is 0 Å². The lowest BCUT2D eigenvalue weighted by molar-refractivity contribution is -0.140. The van der Waals surface area contributed by atoms with Crippen LogP contribution in [0.15, 0.2) is 12.1 Å². The lowest BCUT2D eigenvalue weighted by Gasteiger charge is -2.31. The van der Waals surface area contributed by atoms with Crippen LogP contribution in [0.5, 0.6) is 0 Å². The van der Waals surface area contributed by atoms with E-state index in [-0.39, 0.29) is 12.8 Å². The number of hydrogen-bond donors (Lipinski definition) is 3. The number of hydrogen-bond acceptors (Lipinski definition) is 3. The molecule has 1 aliphatic rings. The molecule has 2 atom stereocenters. The summed E-state index contributed by atoms with van der Waals surface area (Å²) >= 11 is 12.0. The summed E-state index contributed by atoms with van der Waals surface area (Å²) in [5.74, 6) is -2.47. The first-order chi connectivity index (χ1) is 8.88. The van der Waals surface area contributed by atoms with Gasteiger partial charge in [-0.05, 0) is 24.1 Å². The molecule has 0 radical (unpaired) electrons. The Kier molecular flexibility index (Phi) is 3.87. The van der Waals surface area contributed by atoms with Crippen molar-refractivity contribution in [1.82, 2.24) is 0 Å². The lowest BCUT2D eigenvalue weighted by atomic mass is 9.84. The first-order valence-corrected chi connectivity index (χ1v) is 6.34. The molecule has 5 nitrogen and oxygen atoms in total. The van der Waals surface area contributed by atoms with Crippen molar-refractivity contribution in [3.8, 4) is 0 Å². The molecule has 0 aromatic heterocycles. The minimum atomic E-state index is -1.03. The molecule has 102 valence electrons. The van der Waals surface area contributed by atoms with Gasteiger partial charge in [-0.25, -0.2) is 4.79 Å². The van der Waals surface area contributed by atoms with E-state index in [4.69, 9.17) is 33.4 Å². The van der Waals surface area contributed by atoms with Crippen molar-refractivity contribution >= 4 is 40.8 Å². The summed E-state index contributed by atoms with van der Waals surface area (Å²) in [4.78, 5) is 22.0. The maximum absolute atomic E-state index is 11.1. The van der Waals surface area contributed by atoms with E-state index in [2.05, 4.69) is 5.32 Å². The third-order valence-electron chi connectivity index (χ3n) is 3.07. The van der Waals surface area contributed by atoms with Crippen LogP contribution >= 0.6 is 23.2 Å². The summed E-state index contributed by atoms with van der Waals surface area (Å²) in [5, 5.41) is 21.5. The lowest BCUT2D eigenvalue weighted by Crippen LogP contribution is -2.35. The molecule has 0 unspecified atom stereocenters. The first kappa shape index (κ1) is 14.0. The van der Waals surface area contributed by atoms with Crippen molar-refractivity contribution < 1.29 is 19.8 Å². The molecular weight excluding hydrogens is 293 g/mol. The van der Waals surface area contributed by atoms with E-state index in [1.165, 1.54) is 6.07 Å². The molecule has 19 heavy (non-hydrogen) atoms. The van der Waals surface area contributed by atoms with E-state index >= 15 is 0 Å². The number of carboxylic acid groups (broad SMARTS) is 2. The molecule has 7 heteroatoms. The Labute approximate surface area is 119 Å². The van der Waals surface area contributed by atoms with Gasteiger partial charge in [-0.2, -0.15) is 0 Å². The number of anilines is 1. The number of nitrogens with one attached hydrogen (secondary N) is 1. The number of rotatable bonds is 3. The quantitative estimate of drug-likeness (QED) is 0.799. The van der Waals surface area contributed by atoms with Gasteiger partial charge in [-0.15, -0.1) is 0 Å². The number of aliphatic carboxylic acids is 2. The first-order valence-electron chi connectivity index (χ1n) is 5.58. The molecule has 2 rings (SSSR count). The fourth-order valence-electron chi connectivity index (χ4n) is 2.33. The highest BCUT2D eigenvalue weighted by Crippen LogP contribution is 2.42. The average Bonchev–Trinajstić information content (AvgIpc) is 2.26. The molecule has 1 aromatic rings. The van der Waals surface area contributed by atoms with E-state index in [0.717, 1.165) is 0 Å². The van der Waals surface area contributed by atoms with Gasteiger partial charge >= 0.3 is 11.9 Å². The minimum absolute atomic E-state index is 0.167. The van der Waals surface area contributed by atoms with E-state index in [1.54, 1.807) is 6.07 Å². The fraction of sp³-hybridized carbons (Fsp3) is 0.333. The van der Waals surface area contributed by atoms with Crippen molar-refractivity contribution in [3.63, 3.8) is 0 Å². The molecule has 0 aliphatic carbocycles. The second-order valence-electron chi connectivity index (χ2n) is 4.41. The van der Waals surface area contributed by atoms with Crippen LogP contribution in [0.4, 0.5) is 5.69 Å². The molecule has 0 amide bonds. The zero-order valence-electron chi connectivity index (χ0n) is 9.69. The smallest absolute Gasteiger partial charge is 0.326 e. The number of benzene rings is 1. The topological polar surface area (TPSA) is 86.6 Å². The van der Waals surface area contributed by atoms with Crippen LogP contribution < -0.4 is 5.32 Å². The Bertz CT molecular complexity index is 547. The molecule has 3 N–H and O–H groups in total. The Morgan fingerprint density at radius 3 is 2.58 bits per heavy atom. The van der Waals surface area contributed by atoms with Crippen molar-refractivity contribution in [2.45, 2.75) is 24.8 Å². The van der Waals surface area contributed by atoms with Crippen LogP contribution in [0.1, 0.15) is 24.3 Å². The van der Waals surface area contributed by atoms with Crippen LogP contribution in [-0.4, -0.2) is 28.2 Å². The Balaban J connectivity index is 2.46. The van der Waals surface area contributed by atoms with Crippen LogP contribution in [-0.2, 0) is 9.59 Å². The van der Waals surface area contributed by atoms with Gasteiger partial charge in [-0.3, -0.25) is 4.79 Å². The van der Waals surface area contributed by atoms with Gasteiger partial charge in [0, 0.05) is 21.7 Å². The minimum Gasteiger partial charge on any atom is -0.481 e. The highest BCUT2D eigenvalue weighted by Gasteiger charge is 2.33. The second kappa shape index (κ2) is 5.27. The van der Waals surface area contributed by atoms with E-state index in [0.29, 0.717) is 21.3 Å². The van der Waals surface area contributed by atoms with Gasteiger partial charge in [0.05, 0.1) is 6.42 Å². The van der Waals surface area contributed by atoms with E-state index in [1.807, 2.05) is 0 Å². The maximum atomic E-state index is 11.1. The van der Waals surface area contributed by atoms with Gasteiger partial charge in [0.2, 0.25) is 0 Å². The monoisotopic (exact) mass is 303 g/mol. The van der Waals surface area contributed by atoms with Crippen LogP contribution in [0.2, 0.25) is 10.0 Å². The average molecular weight is 304 g/mol. The molecule has 0 spiro atoms. The summed E-state index contributed by atoms with van der Waals surface area (Å²) in [6.07, 6.45) is 0.00972. The number of carbonyl (C=O) groups is 2. The number of carboxylic acids is 2. The highest BCUT2D eigenvalue weighted by atomic mass is 35.5. The molecule has 0 fully saturated rings. The number of fused-ring (bicyclic) bond motifs is 1. The summed E-state index contributed by atoms with van der Waals surface area (Å²) in [6, 6.07) is 2.25. The summed E-state index contributed by atoms with van der Waals surface area (Å²) < 4.78 is 0. The summed E-state index contributed by atoms with van der Waals surface area (Å²) in [5.41, 5.74) is 1.10. The second-order valence-corrected chi connectivity index (χ2v) is 5.26.